The van der Waals surface area contributed by atoms with Crippen LogP contribution >= 0.6 is 0 Å². The number of aromatic nitrogens is 2. The Morgan fingerprint density at radius 1 is 1.25 bits per heavy atom. The molecule has 0 aliphatic rings. The monoisotopic (exact) mass is 331 g/mol. The zero-order valence-electron chi connectivity index (χ0n) is 13.9. The van der Waals surface area contributed by atoms with Crippen LogP contribution in [-0.2, 0) is 4.79 Å². The quantitative estimate of drug-likeness (QED) is 0.810. The summed E-state index contributed by atoms with van der Waals surface area (Å²) in [5, 5.41) is 15.6. The fraction of sp³-hybridized carbons (Fsp3) is 0.353. The molecule has 0 saturated carbocycles. The molecule has 0 aliphatic heterocycles. The summed E-state index contributed by atoms with van der Waals surface area (Å²) in [4.78, 5) is 23.3. The van der Waals surface area contributed by atoms with Gasteiger partial charge in [0.15, 0.2) is 11.4 Å². The lowest BCUT2D eigenvalue weighted by atomic mass is 10.2. The molecule has 1 aromatic carbocycles. The molecule has 7 heteroatoms. The molecule has 128 valence electrons. The molecule has 0 saturated heterocycles. The van der Waals surface area contributed by atoms with Crippen molar-refractivity contribution in [3.05, 3.63) is 42.2 Å². The van der Waals surface area contributed by atoms with Crippen LogP contribution in [-0.4, -0.2) is 39.4 Å². The third kappa shape index (κ3) is 4.34. The summed E-state index contributed by atoms with van der Waals surface area (Å²) in [5.41, 5.74) is 0.838. The highest BCUT2D eigenvalue weighted by Crippen LogP contribution is 2.20. The predicted molar refractivity (Wildman–Crippen MR) is 88.5 cm³/mol. The zero-order valence-corrected chi connectivity index (χ0v) is 13.9. The van der Waals surface area contributed by atoms with Crippen molar-refractivity contribution in [3.63, 3.8) is 0 Å². The first-order valence-electron chi connectivity index (χ1n) is 7.70. The average Bonchev–Trinajstić information content (AvgIpc) is 2.98. The number of carboxylic acid groups (broad SMARTS) is 1. The Labute approximate surface area is 140 Å². The van der Waals surface area contributed by atoms with E-state index in [0.29, 0.717) is 12.4 Å². The Hall–Kier alpha value is -2.83. The fourth-order valence-corrected chi connectivity index (χ4v) is 1.92. The first-order valence-corrected chi connectivity index (χ1v) is 7.70. The summed E-state index contributed by atoms with van der Waals surface area (Å²) < 4.78 is 7.21. The van der Waals surface area contributed by atoms with Gasteiger partial charge in [-0.2, -0.15) is 5.10 Å². The molecule has 24 heavy (non-hydrogen) atoms. The maximum absolute atomic E-state index is 12.3. The minimum atomic E-state index is -1.12. The van der Waals surface area contributed by atoms with E-state index in [0.717, 1.165) is 5.69 Å². The minimum absolute atomic E-state index is 0.0626. The molecule has 1 unspecified atom stereocenters. The van der Waals surface area contributed by atoms with E-state index in [4.69, 9.17) is 9.84 Å². The minimum Gasteiger partial charge on any atom is -0.489 e. The van der Waals surface area contributed by atoms with Gasteiger partial charge in [0.25, 0.3) is 5.91 Å². The van der Waals surface area contributed by atoms with Gasteiger partial charge in [0.2, 0.25) is 0 Å². The molecule has 2 N–H and O–H groups in total. The molecule has 0 fully saturated rings. The molecule has 0 spiro atoms. The SMILES string of the molecule is CC(C)COc1cn(-c2ccccc2)nc1C(=O)NC(C)C(=O)O. The van der Waals surface area contributed by atoms with Crippen molar-refractivity contribution in [2.75, 3.05) is 6.61 Å². The highest BCUT2D eigenvalue weighted by Gasteiger charge is 2.22. The van der Waals surface area contributed by atoms with E-state index in [9.17, 15) is 9.59 Å². The molecule has 0 bridgehead atoms. The van der Waals surface area contributed by atoms with Crippen molar-refractivity contribution in [1.29, 1.82) is 0 Å². The van der Waals surface area contributed by atoms with Crippen LogP contribution in [0.25, 0.3) is 5.69 Å². The van der Waals surface area contributed by atoms with Crippen LogP contribution in [0.4, 0.5) is 0 Å². The zero-order chi connectivity index (χ0) is 17.7. The second kappa shape index (κ2) is 7.63. The average molecular weight is 331 g/mol. The number of aliphatic carboxylic acids is 1. The van der Waals surface area contributed by atoms with Crippen LogP contribution in [0.1, 0.15) is 31.3 Å². The summed E-state index contributed by atoms with van der Waals surface area (Å²) in [7, 11) is 0. The molecule has 1 aromatic heterocycles. The lowest BCUT2D eigenvalue weighted by Gasteiger charge is -2.10. The lowest BCUT2D eigenvalue weighted by molar-refractivity contribution is -0.138. The van der Waals surface area contributed by atoms with Gasteiger partial charge in [0.05, 0.1) is 18.5 Å². The number of carboxylic acids is 1. The van der Waals surface area contributed by atoms with E-state index in [-0.39, 0.29) is 11.6 Å². The number of nitrogens with zero attached hydrogens (tertiary/aromatic N) is 2. The lowest BCUT2D eigenvalue weighted by Crippen LogP contribution is -2.38. The van der Waals surface area contributed by atoms with Gasteiger partial charge in [-0.1, -0.05) is 32.0 Å². The van der Waals surface area contributed by atoms with Gasteiger partial charge in [-0.15, -0.1) is 0 Å². The van der Waals surface area contributed by atoms with Crippen molar-refractivity contribution in [3.8, 4) is 11.4 Å². The molecule has 0 radical (unpaired) electrons. The number of ether oxygens (including phenoxy) is 1. The number of hydrogen-bond acceptors (Lipinski definition) is 4. The van der Waals surface area contributed by atoms with E-state index in [1.54, 1.807) is 6.20 Å². The number of nitrogens with one attached hydrogen (secondary N) is 1. The number of rotatable bonds is 7. The number of amides is 1. The first kappa shape index (κ1) is 17.5. The molecule has 1 amide bonds. The van der Waals surface area contributed by atoms with Crippen molar-refractivity contribution >= 4 is 11.9 Å². The van der Waals surface area contributed by atoms with Gasteiger partial charge < -0.3 is 15.2 Å². The van der Waals surface area contributed by atoms with Crippen molar-refractivity contribution in [2.24, 2.45) is 5.92 Å². The van der Waals surface area contributed by atoms with E-state index in [2.05, 4.69) is 10.4 Å². The van der Waals surface area contributed by atoms with Crippen molar-refractivity contribution < 1.29 is 19.4 Å². The number of carbonyl (C=O) groups is 2. The smallest absolute Gasteiger partial charge is 0.325 e. The first-order chi connectivity index (χ1) is 11.4. The Morgan fingerprint density at radius 2 is 1.92 bits per heavy atom. The van der Waals surface area contributed by atoms with Gasteiger partial charge in [0, 0.05) is 0 Å². The van der Waals surface area contributed by atoms with E-state index >= 15 is 0 Å². The number of hydrogen-bond donors (Lipinski definition) is 2. The Morgan fingerprint density at radius 3 is 2.50 bits per heavy atom. The van der Waals surface area contributed by atoms with Crippen LogP contribution in [0.5, 0.6) is 5.75 Å². The predicted octanol–water partition coefficient (Wildman–Crippen LogP) is 2.11. The summed E-state index contributed by atoms with van der Waals surface area (Å²) in [6.45, 7) is 5.81. The molecule has 1 atom stereocenters. The molecule has 2 rings (SSSR count). The maximum atomic E-state index is 12.3. The topological polar surface area (TPSA) is 93.5 Å². The Balaban J connectivity index is 2.31. The normalized spacial score (nSPS) is 12.0. The van der Waals surface area contributed by atoms with Crippen LogP contribution in [0.3, 0.4) is 0 Å². The molecular weight excluding hydrogens is 310 g/mol. The second-order valence-electron chi connectivity index (χ2n) is 5.86. The Bertz CT molecular complexity index is 710. The van der Waals surface area contributed by atoms with E-state index in [1.807, 2.05) is 44.2 Å². The summed E-state index contributed by atoms with van der Waals surface area (Å²) in [6.07, 6.45) is 1.62. The van der Waals surface area contributed by atoms with E-state index < -0.39 is 17.9 Å². The van der Waals surface area contributed by atoms with Crippen molar-refractivity contribution in [2.45, 2.75) is 26.8 Å². The van der Waals surface area contributed by atoms with Crippen LogP contribution in [0.2, 0.25) is 0 Å². The Kier molecular flexibility index (Phi) is 5.57. The molecule has 0 aliphatic carbocycles. The standard InChI is InChI=1S/C17H21N3O4/c1-11(2)10-24-14-9-20(13-7-5-4-6-8-13)19-15(14)16(21)18-12(3)17(22)23/h4-9,11-12H,10H2,1-3H3,(H,18,21)(H,22,23). The molecule has 1 heterocycles. The fourth-order valence-electron chi connectivity index (χ4n) is 1.92. The van der Waals surface area contributed by atoms with Gasteiger partial charge in [-0.3, -0.25) is 9.59 Å². The summed E-state index contributed by atoms with van der Waals surface area (Å²) in [6, 6.07) is 8.28. The third-order valence-corrected chi connectivity index (χ3v) is 3.21. The number of carbonyl (C=O) groups excluding carboxylic acids is 1. The van der Waals surface area contributed by atoms with Crippen LogP contribution in [0.15, 0.2) is 36.5 Å². The number of benzene rings is 1. The maximum Gasteiger partial charge on any atom is 0.325 e. The van der Waals surface area contributed by atoms with E-state index in [1.165, 1.54) is 11.6 Å². The molecule has 7 nitrogen and oxygen atoms in total. The van der Waals surface area contributed by atoms with Crippen LogP contribution < -0.4 is 10.1 Å². The van der Waals surface area contributed by atoms with Gasteiger partial charge >= 0.3 is 5.97 Å². The van der Waals surface area contributed by atoms with Gasteiger partial charge in [-0.05, 0) is 25.0 Å². The molecule has 2 aromatic rings. The molecular formula is C17H21N3O4. The highest BCUT2D eigenvalue weighted by atomic mass is 16.5. The third-order valence-electron chi connectivity index (χ3n) is 3.21. The largest absolute Gasteiger partial charge is 0.489 e. The summed E-state index contributed by atoms with van der Waals surface area (Å²) in [5.74, 6) is -1.10. The van der Waals surface area contributed by atoms with Crippen LogP contribution in [0, 0.1) is 5.92 Å². The highest BCUT2D eigenvalue weighted by molar-refractivity contribution is 5.97. The summed E-state index contributed by atoms with van der Waals surface area (Å²) >= 11 is 0. The number of para-hydroxylation sites is 1. The second-order valence-corrected chi connectivity index (χ2v) is 5.86. The van der Waals surface area contributed by atoms with Gasteiger partial charge in [0.1, 0.15) is 6.04 Å². The van der Waals surface area contributed by atoms with Gasteiger partial charge in [-0.25, -0.2) is 4.68 Å². The van der Waals surface area contributed by atoms with Crippen molar-refractivity contribution in [1.82, 2.24) is 15.1 Å².